The van der Waals surface area contributed by atoms with Crippen molar-refractivity contribution >= 4 is 17.7 Å². The first-order valence-electron chi connectivity index (χ1n) is 7.14. The molecule has 0 aliphatic heterocycles. The molecule has 1 unspecified atom stereocenters. The van der Waals surface area contributed by atoms with Gasteiger partial charge < -0.3 is 10.1 Å². The fraction of sp³-hybridized carbons (Fsp3) is 0.500. The van der Waals surface area contributed by atoms with E-state index in [1.165, 1.54) is 0 Å². The van der Waals surface area contributed by atoms with Crippen LogP contribution < -0.4 is 10.6 Å². The van der Waals surface area contributed by atoms with E-state index in [0.717, 1.165) is 12.1 Å². The topological polar surface area (TPSA) is 67.4 Å². The van der Waals surface area contributed by atoms with Crippen molar-refractivity contribution in [3.63, 3.8) is 0 Å². The Kier molecular flexibility index (Phi) is 6.21. The van der Waals surface area contributed by atoms with Crippen molar-refractivity contribution in [3.8, 4) is 0 Å². The molecule has 1 atom stereocenters. The van der Waals surface area contributed by atoms with E-state index in [0.29, 0.717) is 0 Å². The SMILES string of the molecule is CCC(CC(=O)NC(=O)OC(C)(C)C)Nc1ccccc1. The number of anilines is 1. The van der Waals surface area contributed by atoms with Crippen LogP contribution in [0.1, 0.15) is 40.5 Å². The first-order valence-corrected chi connectivity index (χ1v) is 7.14. The Hall–Kier alpha value is -2.04. The largest absolute Gasteiger partial charge is 0.444 e. The van der Waals surface area contributed by atoms with Crippen molar-refractivity contribution in [2.45, 2.75) is 52.2 Å². The molecular formula is C16H24N2O3. The number of benzene rings is 1. The zero-order valence-electron chi connectivity index (χ0n) is 13.1. The van der Waals surface area contributed by atoms with Gasteiger partial charge in [-0.05, 0) is 39.3 Å². The number of nitrogens with one attached hydrogen (secondary N) is 2. The third kappa shape index (κ3) is 7.34. The third-order valence-corrected chi connectivity index (χ3v) is 2.71. The number of amides is 2. The highest BCUT2D eigenvalue weighted by Crippen LogP contribution is 2.11. The molecule has 116 valence electrons. The molecule has 0 fully saturated rings. The Balaban J connectivity index is 2.46. The molecule has 0 aliphatic carbocycles. The molecule has 5 nitrogen and oxygen atoms in total. The number of ether oxygens (including phenoxy) is 1. The summed E-state index contributed by atoms with van der Waals surface area (Å²) in [6, 6.07) is 9.63. The van der Waals surface area contributed by atoms with Gasteiger partial charge in [0.2, 0.25) is 5.91 Å². The third-order valence-electron chi connectivity index (χ3n) is 2.71. The lowest BCUT2D eigenvalue weighted by Gasteiger charge is -2.20. The predicted molar refractivity (Wildman–Crippen MR) is 83.1 cm³/mol. The van der Waals surface area contributed by atoms with Crippen molar-refractivity contribution in [2.24, 2.45) is 0 Å². The fourth-order valence-electron chi connectivity index (χ4n) is 1.76. The summed E-state index contributed by atoms with van der Waals surface area (Å²) in [5, 5.41) is 5.52. The van der Waals surface area contributed by atoms with Gasteiger partial charge in [-0.1, -0.05) is 25.1 Å². The van der Waals surface area contributed by atoms with Gasteiger partial charge in [0.1, 0.15) is 5.60 Å². The number of imide groups is 1. The van der Waals surface area contributed by atoms with Crippen LogP contribution in [0.15, 0.2) is 30.3 Å². The van der Waals surface area contributed by atoms with Crippen molar-refractivity contribution in [1.82, 2.24) is 5.32 Å². The Morgan fingerprint density at radius 1 is 1.19 bits per heavy atom. The quantitative estimate of drug-likeness (QED) is 0.873. The van der Waals surface area contributed by atoms with Crippen LogP contribution in [0, 0.1) is 0 Å². The molecule has 1 rings (SSSR count). The maximum Gasteiger partial charge on any atom is 0.414 e. The summed E-state index contributed by atoms with van der Waals surface area (Å²) in [6.07, 6.45) is 0.281. The standard InChI is InChI=1S/C16H24N2O3/c1-5-12(17-13-9-7-6-8-10-13)11-14(19)18-15(20)21-16(2,3)4/h6-10,12,17H,5,11H2,1-4H3,(H,18,19,20). The van der Waals surface area contributed by atoms with E-state index in [1.807, 2.05) is 37.3 Å². The van der Waals surface area contributed by atoms with Crippen LogP contribution in [-0.4, -0.2) is 23.6 Å². The van der Waals surface area contributed by atoms with Crippen LogP contribution in [0.3, 0.4) is 0 Å². The zero-order valence-corrected chi connectivity index (χ0v) is 13.1. The summed E-state index contributed by atoms with van der Waals surface area (Å²) in [5.41, 5.74) is 0.339. The molecule has 0 bridgehead atoms. The van der Waals surface area contributed by atoms with E-state index in [4.69, 9.17) is 4.74 Å². The summed E-state index contributed by atoms with van der Waals surface area (Å²) in [6.45, 7) is 7.25. The monoisotopic (exact) mass is 292 g/mol. The molecule has 5 heteroatoms. The molecule has 21 heavy (non-hydrogen) atoms. The van der Waals surface area contributed by atoms with E-state index in [1.54, 1.807) is 20.8 Å². The summed E-state index contributed by atoms with van der Waals surface area (Å²) in [4.78, 5) is 23.4. The van der Waals surface area contributed by atoms with E-state index in [9.17, 15) is 9.59 Å². The van der Waals surface area contributed by atoms with E-state index in [-0.39, 0.29) is 18.4 Å². The van der Waals surface area contributed by atoms with Crippen LogP contribution in [0.4, 0.5) is 10.5 Å². The molecule has 0 saturated carbocycles. The van der Waals surface area contributed by atoms with E-state index >= 15 is 0 Å². The minimum Gasteiger partial charge on any atom is -0.444 e. The molecule has 0 spiro atoms. The highest BCUT2D eigenvalue weighted by atomic mass is 16.6. The van der Waals surface area contributed by atoms with Gasteiger partial charge in [-0.25, -0.2) is 4.79 Å². The van der Waals surface area contributed by atoms with E-state index < -0.39 is 11.7 Å². The van der Waals surface area contributed by atoms with Gasteiger partial charge >= 0.3 is 6.09 Å². The molecular weight excluding hydrogens is 268 g/mol. The lowest BCUT2D eigenvalue weighted by atomic mass is 10.1. The van der Waals surface area contributed by atoms with Crippen LogP contribution in [0.25, 0.3) is 0 Å². The van der Waals surface area contributed by atoms with Crippen LogP contribution in [0.5, 0.6) is 0 Å². The van der Waals surface area contributed by atoms with E-state index in [2.05, 4.69) is 10.6 Å². The Labute approximate surface area is 126 Å². The van der Waals surface area contributed by atoms with Crippen molar-refractivity contribution < 1.29 is 14.3 Å². The Bertz CT molecular complexity index is 466. The minimum atomic E-state index is -0.706. The molecule has 1 aromatic carbocycles. The molecule has 0 aromatic heterocycles. The average Bonchev–Trinajstić information content (AvgIpc) is 2.36. The number of hydrogen-bond acceptors (Lipinski definition) is 4. The fourth-order valence-corrected chi connectivity index (χ4v) is 1.76. The van der Waals surface area contributed by atoms with Crippen LogP contribution in [-0.2, 0) is 9.53 Å². The predicted octanol–water partition coefficient (Wildman–Crippen LogP) is 3.32. The molecule has 2 amide bonds. The molecule has 2 N–H and O–H groups in total. The van der Waals surface area contributed by atoms with Crippen molar-refractivity contribution in [2.75, 3.05) is 5.32 Å². The van der Waals surface area contributed by atoms with Gasteiger partial charge in [0.15, 0.2) is 0 Å². The minimum absolute atomic E-state index is 0.0326. The van der Waals surface area contributed by atoms with Crippen molar-refractivity contribution in [3.05, 3.63) is 30.3 Å². The Morgan fingerprint density at radius 3 is 2.33 bits per heavy atom. The number of hydrogen-bond donors (Lipinski definition) is 2. The average molecular weight is 292 g/mol. The number of para-hydroxylation sites is 1. The number of carbonyl (C=O) groups excluding carboxylic acids is 2. The highest BCUT2D eigenvalue weighted by Gasteiger charge is 2.19. The first-order chi connectivity index (χ1) is 9.80. The second kappa shape index (κ2) is 7.67. The maximum absolute atomic E-state index is 11.8. The van der Waals surface area contributed by atoms with Gasteiger partial charge in [-0.15, -0.1) is 0 Å². The van der Waals surface area contributed by atoms with Crippen LogP contribution in [0.2, 0.25) is 0 Å². The molecule has 1 aromatic rings. The lowest BCUT2D eigenvalue weighted by molar-refractivity contribution is -0.120. The van der Waals surface area contributed by atoms with Crippen molar-refractivity contribution in [1.29, 1.82) is 0 Å². The van der Waals surface area contributed by atoms with Gasteiger partial charge in [0, 0.05) is 18.2 Å². The van der Waals surface area contributed by atoms with Crippen LogP contribution >= 0.6 is 0 Å². The van der Waals surface area contributed by atoms with Gasteiger partial charge in [-0.2, -0.15) is 0 Å². The Morgan fingerprint density at radius 2 is 1.81 bits per heavy atom. The number of rotatable bonds is 5. The normalized spacial score (nSPS) is 12.4. The molecule has 0 aliphatic rings. The number of alkyl carbamates (subject to hydrolysis) is 1. The summed E-state index contributed by atoms with van der Waals surface area (Å²) < 4.78 is 5.05. The molecule has 0 saturated heterocycles. The summed E-state index contributed by atoms with van der Waals surface area (Å²) >= 11 is 0. The van der Waals surface area contributed by atoms with Gasteiger partial charge in [-0.3, -0.25) is 10.1 Å². The maximum atomic E-state index is 11.8. The zero-order chi connectivity index (χ0) is 15.9. The second-order valence-electron chi connectivity index (χ2n) is 5.87. The summed E-state index contributed by atoms with van der Waals surface area (Å²) in [7, 11) is 0. The lowest BCUT2D eigenvalue weighted by Crippen LogP contribution is -2.38. The second-order valence-corrected chi connectivity index (χ2v) is 5.87. The smallest absolute Gasteiger partial charge is 0.414 e. The highest BCUT2D eigenvalue weighted by molar-refractivity contribution is 5.92. The number of carbonyl (C=O) groups is 2. The molecule has 0 heterocycles. The molecule has 0 radical (unpaired) electrons. The first kappa shape index (κ1) is 17.0. The summed E-state index contributed by atoms with van der Waals surface area (Å²) in [5.74, 6) is -0.348. The van der Waals surface area contributed by atoms with Gasteiger partial charge in [0.05, 0.1) is 0 Å². The van der Waals surface area contributed by atoms with Gasteiger partial charge in [0.25, 0.3) is 0 Å².